The molecule has 6 heteroatoms. The molecule has 3 heterocycles. The molecule has 0 unspecified atom stereocenters. The molecule has 3 aromatic heterocycles. The van der Waals surface area contributed by atoms with Gasteiger partial charge in [-0.15, -0.1) is 0 Å². The third kappa shape index (κ3) is 5.31. The van der Waals surface area contributed by atoms with E-state index in [0.717, 1.165) is 49.3 Å². The Balaban J connectivity index is 1.02. The summed E-state index contributed by atoms with van der Waals surface area (Å²) >= 11 is 0. The number of hydrogen-bond acceptors (Lipinski definition) is 6. The SMILES string of the molecule is c1ccc(-c2nc(-c3ccc(C4(c5ccccc5)c5ccccc5-c5ccccc54)cc3)nc(-c3cc4ccccc4c4c3oc3ccc5nc(-c6ccccc6)oc5c34)n2)cc1. The molecule has 13 rings (SSSR count). The quantitative estimate of drug-likeness (QED) is 0.167. The van der Waals surface area contributed by atoms with E-state index in [4.69, 9.17) is 28.8 Å². The molecule has 1 aliphatic rings. The molecule has 0 saturated carbocycles. The van der Waals surface area contributed by atoms with Crippen molar-refractivity contribution in [1.29, 1.82) is 0 Å². The molecular formula is C57H34N4O2. The van der Waals surface area contributed by atoms with Crippen LogP contribution in [0.1, 0.15) is 22.3 Å². The van der Waals surface area contributed by atoms with Crippen molar-refractivity contribution < 1.29 is 8.83 Å². The van der Waals surface area contributed by atoms with Crippen LogP contribution in [0, 0.1) is 0 Å². The van der Waals surface area contributed by atoms with Crippen LogP contribution in [0.3, 0.4) is 0 Å². The normalized spacial score (nSPS) is 12.9. The molecule has 1 aliphatic carbocycles. The Morgan fingerprint density at radius 2 is 0.921 bits per heavy atom. The Kier molecular flexibility index (Phi) is 7.72. The zero-order chi connectivity index (χ0) is 41.5. The predicted molar refractivity (Wildman–Crippen MR) is 251 cm³/mol. The topological polar surface area (TPSA) is 77.8 Å². The molecule has 0 atom stereocenters. The van der Waals surface area contributed by atoms with Gasteiger partial charge in [0.25, 0.3) is 0 Å². The maximum atomic E-state index is 6.86. The van der Waals surface area contributed by atoms with Gasteiger partial charge in [-0.3, -0.25) is 0 Å². The van der Waals surface area contributed by atoms with Gasteiger partial charge in [-0.05, 0) is 74.5 Å². The van der Waals surface area contributed by atoms with E-state index < -0.39 is 5.41 Å². The van der Waals surface area contributed by atoms with Gasteiger partial charge in [0.2, 0.25) is 5.89 Å². The molecule has 0 aliphatic heterocycles. The van der Waals surface area contributed by atoms with Gasteiger partial charge in [0.1, 0.15) is 16.7 Å². The van der Waals surface area contributed by atoms with Crippen molar-refractivity contribution in [1.82, 2.24) is 19.9 Å². The second-order valence-corrected chi connectivity index (χ2v) is 16.1. The van der Waals surface area contributed by atoms with Gasteiger partial charge >= 0.3 is 0 Å². The largest absolute Gasteiger partial charge is 0.455 e. The van der Waals surface area contributed by atoms with E-state index in [-0.39, 0.29) is 0 Å². The van der Waals surface area contributed by atoms with Crippen LogP contribution in [-0.2, 0) is 5.41 Å². The second-order valence-electron chi connectivity index (χ2n) is 16.1. The van der Waals surface area contributed by atoms with Crippen LogP contribution < -0.4 is 0 Å². The van der Waals surface area contributed by atoms with Crippen molar-refractivity contribution >= 4 is 43.8 Å². The smallest absolute Gasteiger partial charge is 0.227 e. The summed E-state index contributed by atoms with van der Waals surface area (Å²) in [6.45, 7) is 0. The monoisotopic (exact) mass is 806 g/mol. The molecule has 294 valence electrons. The van der Waals surface area contributed by atoms with Crippen molar-refractivity contribution in [2.24, 2.45) is 0 Å². The Labute approximate surface area is 361 Å². The second kappa shape index (κ2) is 13.8. The van der Waals surface area contributed by atoms with E-state index >= 15 is 0 Å². The number of benzene rings is 9. The average molecular weight is 807 g/mol. The Hall–Kier alpha value is -8.48. The summed E-state index contributed by atoms with van der Waals surface area (Å²) in [5.74, 6) is 2.20. The number of rotatable bonds is 6. The first-order valence-electron chi connectivity index (χ1n) is 21.1. The maximum absolute atomic E-state index is 6.86. The van der Waals surface area contributed by atoms with Crippen molar-refractivity contribution in [3.8, 4) is 56.7 Å². The van der Waals surface area contributed by atoms with E-state index in [1.807, 2.05) is 72.8 Å². The van der Waals surface area contributed by atoms with E-state index in [1.54, 1.807) is 0 Å². The van der Waals surface area contributed by atoms with Crippen molar-refractivity contribution in [2.45, 2.75) is 5.41 Å². The number of furan rings is 1. The summed E-state index contributed by atoms with van der Waals surface area (Å²) < 4.78 is 13.4. The average Bonchev–Trinajstić information content (AvgIpc) is 4.06. The number of fused-ring (bicyclic) bond motifs is 10. The van der Waals surface area contributed by atoms with Crippen LogP contribution in [0.25, 0.3) is 101 Å². The van der Waals surface area contributed by atoms with Gasteiger partial charge in [-0.1, -0.05) is 176 Å². The fraction of sp³-hybridized carbons (Fsp3) is 0.0175. The summed E-state index contributed by atoms with van der Waals surface area (Å²) in [7, 11) is 0. The minimum atomic E-state index is -0.513. The minimum Gasteiger partial charge on any atom is -0.455 e. The van der Waals surface area contributed by atoms with Crippen LogP contribution in [0.2, 0.25) is 0 Å². The highest BCUT2D eigenvalue weighted by Crippen LogP contribution is 2.56. The Bertz CT molecular complexity index is 3680. The van der Waals surface area contributed by atoms with Gasteiger partial charge in [0, 0.05) is 22.1 Å². The standard InChI is InChI=1S/C57H34N4O2/c1-4-16-35(17-5-1)53-59-54(36-28-30-40(31-29-36)57(39-21-8-3-9-22-39)45-26-14-12-24-42(45)43-25-13-15-27-46(43)57)61-55(60-53)44-34-38-20-10-11-23-41(38)49-50-48(62-51(44)49)33-32-47-52(50)63-56(58-47)37-18-6-2-7-19-37/h1-34H. The molecular weight excluding hydrogens is 773 g/mol. The van der Waals surface area contributed by atoms with E-state index in [9.17, 15) is 0 Å². The van der Waals surface area contributed by atoms with E-state index in [2.05, 4.69) is 133 Å². The molecule has 0 spiro atoms. The van der Waals surface area contributed by atoms with Crippen LogP contribution in [0.5, 0.6) is 0 Å². The minimum absolute atomic E-state index is 0.510. The van der Waals surface area contributed by atoms with Crippen molar-refractivity contribution in [3.05, 3.63) is 229 Å². The van der Waals surface area contributed by atoms with Gasteiger partial charge in [-0.25, -0.2) is 19.9 Å². The van der Waals surface area contributed by atoms with E-state index in [1.165, 1.54) is 33.4 Å². The molecule has 0 radical (unpaired) electrons. The number of aromatic nitrogens is 4. The van der Waals surface area contributed by atoms with Crippen LogP contribution >= 0.6 is 0 Å². The lowest BCUT2D eigenvalue weighted by Crippen LogP contribution is -2.28. The lowest BCUT2D eigenvalue weighted by molar-refractivity contribution is 0.622. The van der Waals surface area contributed by atoms with Gasteiger partial charge in [0.05, 0.1) is 16.4 Å². The molecule has 12 aromatic rings. The fourth-order valence-corrected chi connectivity index (χ4v) is 9.88. The molecule has 0 N–H and O–H groups in total. The predicted octanol–water partition coefficient (Wildman–Crippen LogP) is 14.1. The lowest BCUT2D eigenvalue weighted by atomic mass is 9.67. The van der Waals surface area contributed by atoms with Gasteiger partial charge < -0.3 is 8.83 Å². The molecule has 6 nitrogen and oxygen atoms in total. The third-order valence-electron chi connectivity index (χ3n) is 12.6. The van der Waals surface area contributed by atoms with Crippen LogP contribution in [0.4, 0.5) is 0 Å². The maximum Gasteiger partial charge on any atom is 0.227 e. The third-order valence-corrected chi connectivity index (χ3v) is 12.6. The highest BCUT2D eigenvalue weighted by Gasteiger charge is 2.45. The number of nitrogens with zero attached hydrogens (tertiary/aromatic N) is 4. The molecule has 0 fully saturated rings. The first kappa shape index (κ1) is 35.3. The zero-order valence-corrected chi connectivity index (χ0v) is 33.7. The number of hydrogen-bond donors (Lipinski definition) is 0. The summed E-state index contributed by atoms with van der Waals surface area (Å²) in [5, 5.41) is 3.86. The first-order valence-corrected chi connectivity index (χ1v) is 21.1. The zero-order valence-electron chi connectivity index (χ0n) is 33.7. The van der Waals surface area contributed by atoms with Gasteiger partial charge in [0.15, 0.2) is 23.1 Å². The molecule has 0 amide bonds. The molecule has 0 bridgehead atoms. The van der Waals surface area contributed by atoms with E-state index in [0.29, 0.717) is 40.1 Å². The van der Waals surface area contributed by atoms with Gasteiger partial charge in [-0.2, -0.15) is 0 Å². The summed E-state index contributed by atoms with van der Waals surface area (Å²) in [6, 6.07) is 71.7. The summed E-state index contributed by atoms with van der Waals surface area (Å²) in [5.41, 5.74) is 13.1. The first-order chi connectivity index (χ1) is 31.2. The Morgan fingerprint density at radius 3 is 1.62 bits per heavy atom. The summed E-state index contributed by atoms with van der Waals surface area (Å²) in [4.78, 5) is 20.5. The highest BCUT2D eigenvalue weighted by molar-refractivity contribution is 6.27. The number of oxazole rings is 1. The van der Waals surface area contributed by atoms with Crippen molar-refractivity contribution in [3.63, 3.8) is 0 Å². The fourth-order valence-electron chi connectivity index (χ4n) is 9.88. The molecule has 0 saturated heterocycles. The van der Waals surface area contributed by atoms with Crippen LogP contribution in [-0.4, -0.2) is 19.9 Å². The molecule has 63 heavy (non-hydrogen) atoms. The Morgan fingerprint density at radius 1 is 0.365 bits per heavy atom. The molecule has 9 aromatic carbocycles. The van der Waals surface area contributed by atoms with Crippen LogP contribution in [0.15, 0.2) is 215 Å². The summed E-state index contributed by atoms with van der Waals surface area (Å²) in [6.07, 6.45) is 0. The highest BCUT2D eigenvalue weighted by atomic mass is 16.4. The van der Waals surface area contributed by atoms with Crippen molar-refractivity contribution in [2.75, 3.05) is 0 Å². The lowest BCUT2D eigenvalue weighted by Gasteiger charge is -2.34.